The van der Waals surface area contributed by atoms with Gasteiger partial charge in [-0.1, -0.05) is 20.3 Å². The van der Waals surface area contributed by atoms with Gasteiger partial charge in [-0.15, -0.1) is 0 Å². The van der Waals surface area contributed by atoms with Crippen molar-refractivity contribution in [1.82, 2.24) is 5.32 Å². The van der Waals surface area contributed by atoms with E-state index in [4.69, 9.17) is 5.11 Å². The predicted octanol–water partition coefficient (Wildman–Crippen LogP) is 1.62. The van der Waals surface area contributed by atoms with Crippen LogP contribution >= 0.6 is 0 Å². The highest BCUT2D eigenvalue weighted by Gasteiger charge is 2.05. The first-order valence-electron chi connectivity index (χ1n) is 4.60. The third-order valence-corrected chi connectivity index (χ3v) is 0.727. The van der Waals surface area contributed by atoms with Gasteiger partial charge in [0, 0.05) is 0 Å². The molecule has 0 aliphatic carbocycles. The first-order valence-corrected chi connectivity index (χ1v) is 4.60. The molecule has 0 heterocycles. The Morgan fingerprint density at radius 2 is 1.79 bits per heavy atom. The normalized spacial score (nSPS) is 8.64. The van der Waals surface area contributed by atoms with Crippen LogP contribution in [-0.4, -0.2) is 29.8 Å². The van der Waals surface area contributed by atoms with Crippen molar-refractivity contribution in [3.63, 3.8) is 0 Å². The number of carbonyl (C=O) groups is 2. The highest BCUT2D eigenvalue weighted by Crippen LogP contribution is 1.86. The van der Waals surface area contributed by atoms with Crippen molar-refractivity contribution in [1.29, 1.82) is 0 Å². The van der Waals surface area contributed by atoms with E-state index in [1.807, 2.05) is 0 Å². The molecular weight excluding hydrogens is 186 g/mol. The fourth-order valence-electron chi connectivity index (χ4n) is 0.404. The van der Waals surface area contributed by atoms with E-state index in [0.717, 1.165) is 0 Å². The lowest BCUT2D eigenvalue weighted by molar-refractivity contribution is -0.135. The van der Waals surface area contributed by atoms with Gasteiger partial charge in [-0.25, -0.2) is 4.79 Å². The fourth-order valence-corrected chi connectivity index (χ4v) is 0.404. The van der Waals surface area contributed by atoms with E-state index in [1.54, 1.807) is 13.8 Å². The summed E-state index contributed by atoms with van der Waals surface area (Å²) in [5.41, 5.74) is 0. The van der Waals surface area contributed by atoms with Crippen molar-refractivity contribution in [3.05, 3.63) is 0 Å². The van der Waals surface area contributed by atoms with E-state index in [1.165, 1.54) is 6.42 Å². The topological polar surface area (TPSA) is 75.6 Å². The Morgan fingerprint density at radius 3 is 2.07 bits per heavy atom. The second-order valence-corrected chi connectivity index (χ2v) is 2.91. The van der Waals surface area contributed by atoms with Gasteiger partial charge in [0.05, 0.1) is 6.10 Å². The SMILES string of the molecule is CC(C)OC(=O)NCC(=O)O.CCC. The van der Waals surface area contributed by atoms with Crippen LogP contribution in [-0.2, 0) is 9.53 Å². The summed E-state index contributed by atoms with van der Waals surface area (Å²) in [6.45, 7) is 7.20. The Morgan fingerprint density at radius 1 is 1.36 bits per heavy atom. The maximum Gasteiger partial charge on any atom is 0.407 e. The van der Waals surface area contributed by atoms with Crippen molar-refractivity contribution in [3.8, 4) is 0 Å². The average molecular weight is 205 g/mol. The molecule has 0 unspecified atom stereocenters. The van der Waals surface area contributed by atoms with Gasteiger partial charge < -0.3 is 15.2 Å². The highest BCUT2D eigenvalue weighted by atomic mass is 16.6. The van der Waals surface area contributed by atoms with Gasteiger partial charge >= 0.3 is 12.1 Å². The molecule has 0 aromatic heterocycles. The number of aliphatic carboxylic acids is 1. The Labute approximate surface area is 84.4 Å². The van der Waals surface area contributed by atoms with E-state index in [9.17, 15) is 9.59 Å². The second-order valence-electron chi connectivity index (χ2n) is 2.91. The maximum atomic E-state index is 10.6. The number of rotatable bonds is 3. The average Bonchev–Trinajstić information content (AvgIpc) is 2.01. The summed E-state index contributed by atoms with van der Waals surface area (Å²) in [6.07, 6.45) is 0.311. The first-order chi connectivity index (χ1) is 6.43. The number of carbonyl (C=O) groups excluding carboxylic acids is 1. The molecule has 0 bridgehead atoms. The van der Waals surface area contributed by atoms with Gasteiger partial charge in [0.25, 0.3) is 0 Å². The van der Waals surface area contributed by atoms with Crippen LogP contribution in [0.25, 0.3) is 0 Å². The van der Waals surface area contributed by atoms with Gasteiger partial charge in [-0.2, -0.15) is 0 Å². The number of ether oxygens (including phenoxy) is 1. The molecule has 0 saturated carbocycles. The molecule has 0 fully saturated rings. The molecule has 0 atom stereocenters. The lowest BCUT2D eigenvalue weighted by atomic mass is 10.5. The number of hydrogen-bond donors (Lipinski definition) is 2. The van der Waals surface area contributed by atoms with Gasteiger partial charge in [-0.05, 0) is 13.8 Å². The zero-order valence-electron chi connectivity index (χ0n) is 9.16. The minimum absolute atomic E-state index is 0.233. The van der Waals surface area contributed by atoms with Crippen LogP contribution in [0.3, 0.4) is 0 Å². The molecule has 0 aliphatic rings. The molecule has 2 N–H and O–H groups in total. The fraction of sp³-hybridized carbons (Fsp3) is 0.778. The Kier molecular flexibility index (Phi) is 10.7. The number of amides is 1. The quantitative estimate of drug-likeness (QED) is 0.734. The van der Waals surface area contributed by atoms with E-state index in [0.29, 0.717) is 0 Å². The summed E-state index contributed by atoms with van der Waals surface area (Å²) in [7, 11) is 0. The second kappa shape index (κ2) is 9.83. The molecule has 1 amide bonds. The summed E-state index contributed by atoms with van der Waals surface area (Å²) in [4.78, 5) is 20.5. The molecule has 0 rings (SSSR count). The Hall–Kier alpha value is -1.26. The first kappa shape index (κ1) is 15.2. The standard InChI is InChI=1S/C6H11NO4.C3H8/c1-4(2)11-6(10)7-3-5(8)9;1-3-2/h4H,3H2,1-2H3,(H,7,10)(H,8,9);3H2,1-2H3. The molecule has 0 aromatic carbocycles. The lowest BCUT2D eigenvalue weighted by Gasteiger charge is -2.07. The number of nitrogens with one attached hydrogen (secondary N) is 1. The molecule has 5 nitrogen and oxygen atoms in total. The molecule has 0 aromatic rings. The molecule has 14 heavy (non-hydrogen) atoms. The minimum Gasteiger partial charge on any atom is -0.480 e. The lowest BCUT2D eigenvalue weighted by Crippen LogP contribution is -2.31. The molecule has 5 heteroatoms. The van der Waals surface area contributed by atoms with Crippen molar-refractivity contribution >= 4 is 12.1 Å². The maximum absolute atomic E-state index is 10.6. The monoisotopic (exact) mass is 205 g/mol. The third kappa shape index (κ3) is 17.0. The van der Waals surface area contributed by atoms with Gasteiger partial charge in [-0.3, -0.25) is 4.79 Å². The predicted molar refractivity (Wildman–Crippen MR) is 53.2 cm³/mol. The van der Waals surface area contributed by atoms with E-state index >= 15 is 0 Å². The van der Waals surface area contributed by atoms with Crippen LogP contribution < -0.4 is 5.32 Å². The molecule has 0 saturated heterocycles. The summed E-state index contributed by atoms with van der Waals surface area (Å²) in [6, 6.07) is 0. The van der Waals surface area contributed by atoms with Crippen LogP contribution in [0, 0.1) is 0 Å². The zero-order valence-corrected chi connectivity index (χ0v) is 9.16. The largest absolute Gasteiger partial charge is 0.480 e. The Balaban J connectivity index is 0. The summed E-state index contributed by atoms with van der Waals surface area (Å²) in [5.74, 6) is -1.09. The van der Waals surface area contributed by atoms with E-state index in [2.05, 4.69) is 23.9 Å². The summed E-state index contributed by atoms with van der Waals surface area (Å²) in [5, 5.41) is 10.2. The van der Waals surface area contributed by atoms with Gasteiger partial charge in [0.1, 0.15) is 6.54 Å². The van der Waals surface area contributed by atoms with Crippen molar-refractivity contribution in [2.45, 2.75) is 40.2 Å². The van der Waals surface area contributed by atoms with Crippen molar-refractivity contribution < 1.29 is 19.4 Å². The molecule has 0 aliphatic heterocycles. The Bertz CT molecular complexity index is 168. The van der Waals surface area contributed by atoms with Gasteiger partial charge in [0.2, 0.25) is 0 Å². The van der Waals surface area contributed by atoms with Crippen LogP contribution in [0.1, 0.15) is 34.1 Å². The zero-order chi connectivity index (χ0) is 11.6. The molecule has 0 radical (unpaired) electrons. The number of hydrogen-bond acceptors (Lipinski definition) is 3. The van der Waals surface area contributed by atoms with E-state index in [-0.39, 0.29) is 6.10 Å². The smallest absolute Gasteiger partial charge is 0.407 e. The van der Waals surface area contributed by atoms with Crippen LogP contribution in [0.5, 0.6) is 0 Å². The number of alkyl carbamates (subject to hydrolysis) is 1. The van der Waals surface area contributed by atoms with Crippen LogP contribution in [0.4, 0.5) is 4.79 Å². The van der Waals surface area contributed by atoms with Crippen molar-refractivity contribution in [2.75, 3.05) is 6.54 Å². The van der Waals surface area contributed by atoms with Crippen LogP contribution in [0.2, 0.25) is 0 Å². The molecule has 84 valence electrons. The molecular formula is C9H19NO4. The van der Waals surface area contributed by atoms with Gasteiger partial charge in [0.15, 0.2) is 0 Å². The highest BCUT2D eigenvalue weighted by molar-refractivity contribution is 5.76. The minimum atomic E-state index is -1.09. The summed E-state index contributed by atoms with van der Waals surface area (Å²) < 4.78 is 4.59. The number of carboxylic acids is 1. The van der Waals surface area contributed by atoms with Crippen LogP contribution in [0.15, 0.2) is 0 Å². The van der Waals surface area contributed by atoms with Crippen molar-refractivity contribution in [2.24, 2.45) is 0 Å². The van der Waals surface area contributed by atoms with E-state index < -0.39 is 18.6 Å². The summed E-state index contributed by atoms with van der Waals surface area (Å²) >= 11 is 0. The third-order valence-electron chi connectivity index (χ3n) is 0.727. The molecule has 0 spiro atoms. The number of carboxylic acid groups (broad SMARTS) is 1.